The van der Waals surface area contributed by atoms with Crippen molar-refractivity contribution in [3.05, 3.63) is 24.3 Å². The lowest BCUT2D eigenvalue weighted by atomic mass is 10.0. The molecule has 0 atom stereocenters. The van der Waals surface area contributed by atoms with E-state index in [9.17, 15) is 9.59 Å². The minimum absolute atomic E-state index is 0.00924. The second-order valence-corrected chi connectivity index (χ2v) is 4.68. The first kappa shape index (κ1) is 14.5. The van der Waals surface area contributed by atoms with E-state index in [2.05, 4.69) is 34.9 Å². The maximum Gasteiger partial charge on any atom is 0.217 e. The molecule has 2 amide bonds. The second kappa shape index (κ2) is 7.69. The fourth-order valence-corrected chi connectivity index (χ4v) is 2.05. The fraction of sp³-hybridized carbons (Fsp3) is 0.571. The van der Waals surface area contributed by atoms with Gasteiger partial charge in [-0.05, 0) is 25.7 Å². The van der Waals surface area contributed by atoms with Crippen LogP contribution in [0.4, 0.5) is 0 Å². The first-order chi connectivity index (χ1) is 8.58. The minimum atomic E-state index is 0.00924. The van der Waals surface area contributed by atoms with Crippen LogP contribution in [0.15, 0.2) is 24.3 Å². The first-order valence-corrected chi connectivity index (χ1v) is 6.42. The molecule has 0 bridgehead atoms. The van der Waals surface area contributed by atoms with E-state index in [-0.39, 0.29) is 23.9 Å². The van der Waals surface area contributed by atoms with Crippen LogP contribution in [0.3, 0.4) is 0 Å². The molecule has 4 nitrogen and oxygen atoms in total. The Morgan fingerprint density at radius 1 is 0.778 bits per heavy atom. The summed E-state index contributed by atoms with van der Waals surface area (Å²) in [5, 5.41) is 5.86. The molecule has 0 aromatic rings. The second-order valence-electron chi connectivity index (χ2n) is 4.68. The number of carbonyl (C=O) groups is 2. The molecule has 1 rings (SSSR count). The Kier molecular flexibility index (Phi) is 6.19. The summed E-state index contributed by atoms with van der Waals surface area (Å²) in [6, 6.07) is 0.347. The maximum absolute atomic E-state index is 11.0. The van der Waals surface area contributed by atoms with Gasteiger partial charge in [0.25, 0.3) is 0 Å². The van der Waals surface area contributed by atoms with Crippen molar-refractivity contribution in [2.75, 3.05) is 0 Å². The highest BCUT2D eigenvalue weighted by atomic mass is 16.2. The van der Waals surface area contributed by atoms with E-state index in [1.54, 1.807) is 13.8 Å². The van der Waals surface area contributed by atoms with Crippen LogP contribution in [0.2, 0.25) is 0 Å². The molecule has 0 fully saturated rings. The van der Waals surface area contributed by atoms with Crippen LogP contribution in [0.25, 0.3) is 0 Å². The third kappa shape index (κ3) is 6.23. The molecule has 2 N–H and O–H groups in total. The number of carbonyl (C=O) groups excluding carboxylic acids is 2. The summed E-state index contributed by atoms with van der Waals surface area (Å²) in [7, 11) is 0. The molecule has 4 heteroatoms. The van der Waals surface area contributed by atoms with E-state index in [4.69, 9.17) is 0 Å². The third-order valence-electron chi connectivity index (χ3n) is 2.83. The lowest BCUT2D eigenvalue weighted by Gasteiger charge is -2.17. The van der Waals surface area contributed by atoms with Crippen molar-refractivity contribution in [1.82, 2.24) is 10.6 Å². The summed E-state index contributed by atoms with van der Waals surface area (Å²) in [4.78, 5) is 22.1. The number of nitrogens with one attached hydrogen (secondary N) is 2. The number of hydrogen-bond donors (Lipinski definition) is 2. The van der Waals surface area contributed by atoms with Crippen LogP contribution < -0.4 is 10.6 Å². The van der Waals surface area contributed by atoms with Gasteiger partial charge in [-0.1, -0.05) is 24.3 Å². The largest absolute Gasteiger partial charge is 0.353 e. The zero-order chi connectivity index (χ0) is 13.4. The predicted octanol–water partition coefficient (Wildman–Crippen LogP) is 1.68. The zero-order valence-corrected chi connectivity index (χ0v) is 11.1. The van der Waals surface area contributed by atoms with Crippen molar-refractivity contribution < 1.29 is 9.59 Å². The Hall–Kier alpha value is -1.58. The normalized spacial score (nSPS) is 27.9. The van der Waals surface area contributed by atoms with Gasteiger partial charge in [-0.25, -0.2) is 0 Å². The molecule has 1 aliphatic rings. The van der Waals surface area contributed by atoms with Crippen LogP contribution in [0, 0.1) is 0 Å². The Morgan fingerprint density at radius 3 is 1.28 bits per heavy atom. The first-order valence-electron chi connectivity index (χ1n) is 6.42. The summed E-state index contributed by atoms with van der Waals surface area (Å²) in [6.45, 7) is 3.08. The standard InChI is InChI=1S/C14H22N2O2/c1-11(17)15-13-7-3-5-9-14(16-12(2)18)10-6-4-8-13/h3-6,13-14H,7-10H2,1-2H3,(H,15,17)(H,16,18)/b5-3-,6-4-. The summed E-state index contributed by atoms with van der Waals surface area (Å²) < 4.78 is 0. The number of amides is 2. The van der Waals surface area contributed by atoms with E-state index in [0.717, 1.165) is 25.7 Å². The Balaban J connectivity index is 2.52. The van der Waals surface area contributed by atoms with Gasteiger partial charge in [-0.15, -0.1) is 0 Å². The van der Waals surface area contributed by atoms with E-state index in [1.165, 1.54) is 0 Å². The lowest BCUT2D eigenvalue weighted by Crippen LogP contribution is -2.33. The smallest absolute Gasteiger partial charge is 0.217 e. The zero-order valence-electron chi connectivity index (χ0n) is 11.1. The molecule has 0 unspecified atom stereocenters. The monoisotopic (exact) mass is 250 g/mol. The van der Waals surface area contributed by atoms with Crippen molar-refractivity contribution in [3.8, 4) is 0 Å². The van der Waals surface area contributed by atoms with E-state index in [1.807, 2.05) is 0 Å². The fourth-order valence-electron chi connectivity index (χ4n) is 2.05. The van der Waals surface area contributed by atoms with Crippen LogP contribution >= 0.6 is 0 Å². The van der Waals surface area contributed by atoms with Crippen molar-refractivity contribution in [2.24, 2.45) is 0 Å². The van der Waals surface area contributed by atoms with Crippen molar-refractivity contribution in [2.45, 2.75) is 51.6 Å². The molecule has 0 saturated carbocycles. The van der Waals surface area contributed by atoms with Gasteiger partial charge in [0, 0.05) is 25.9 Å². The summed E-state index contributed by atoms with van der Waals surface area (Å²) in [5.41, 5.74) is 0. The minimum Gasteiger partial charge on any atom is -0.353 e. The molecule has 100 valence electrons. The maximum atomic E-state index is 11.0. The van der Waals surface area contributed by atoms with Crippen molar-refractivity contribution in [3.63, 3.8) is 0 Å². The van der Waals surface area contributed by atoms with Crippen molar-refractivity contribution >= 4 is 11.8 Å². The average molecular weight is 250 g/mol. The van der Waals surface area contributed by atoms with Crippen LogP contribution in [0.5, 0.6) is 0 Å². The highest BCUT2D eigenvalue weighted by Gasteiger charge is 2.10. The van der Waals surface area contributed by atoms with Gasteiger partial charge in [0.1, 0.15) is 0 Å². The Morgan fingerprint density at radius 2 is 1.06 bits per heavy atom. The van der Waals surface area contributed by atoms with Crippen LogP contribution in [-0.2, 0) is 9.59 Å². The number of rotatable bonds is 2. The predicted molar refractivity (Wildman–Crippen MR) is 72.0 cm³/mol. The van der Waals surface area contributed by atoms with E-state index < -0.39 is 0 Å². The molecule has 1 aliphatic carbocycles. The molecule has 0 aromatic carbocycles. The molecular formula is C14H22N2O2. The molecule has 18 heavy (non-hydrogen) atoms. The topological polar surface area (TPSA) is 58.2 Å². The Labute approximate surface area is 109 Å². The van der Waals surface area contributed by atoms with Gasteiger partial charge in [0.05, 0.1) is 0 Å². The van der Waals surface area contributed by atoms with Crippen molar-refractivity contribution in [1.29, 1.82) is 0 Å². The van der Waals surface area contributed by atoms with Crippen LogP contribution in [0.1, 0.15) is 39.5 Å². The molecule has 0 heterocycles. The van der Waals surface area contributed by atoms with Gasteiger partial charge < -0.3 is 10.6 Å². The molecule has 0 aliphatic heterocycles. The molecule has 0 spiro atoms. The average Bonchev–Trinajstić information content (AvgIpc) is 2.27. The summed E-state index contributed by atoms with van der Waals surface area (Å²) >= 11 is 0. The summed E-state index contributed by atoms with van der Waals surface area (Å²) in [6.07, 6.45) is 11.6. The number of hydrogen-bond acceptors (Lipinski definition) is 2. The van der Waals surface area contributed by atoms with Gasteiger partial charge in [0.2, 0.25) is 11.8 Å². The quantitative estimate of drug-likeness (QED) is 0.733. The Bertz CT molecular complexity index is 298. The summed E-state index contributed by atoms with van der Waals surface area (Å²) in [5.74, 6) is 0.0185. The molecule has 0 saturated heterocycles. The van der Waals surface area contributed by atoms with Gasteiger partial charge in [-0.3, -0.25) is 9.59 Å². The highest BCUT2D eigenvalue weighted by Crippen LogP contribution is 2.08. The highest BCUT2D eigenvalue weighted by molar-refractivity contribution is 5.73. The van der Waals surface area contributed by atoms with Gasteiger partial charge in [-0.2, -0.15) is 0 Å². The van der Waals surface area contributed by atoms with E-state index >= 15 is 0 Å². The molecule has 0 aromatic heterocycles. The SMILES string of the molecule is CC(=O)NC1C/C=C\CC(NC(C)=O)C/C=C\C1. The molecule has 0 radical (unpaired) electrons. The van der Waals surface area contributed by atoms with Gasteiger partial charge >= 0.3 is 0 Å². The third-order valence-corrected chi connectivity index (χ3v) is 2.83. The molecular weight excluding hydrogens is 228 g/mol. The lowest BCUT2D eigenvalue weighted by molar-refractivity contribution is -0.120. The van der Waals surface area contributed by atoms with Gasteiger partial charge in [0.15, 0.2) is 0 Å². The van der Waals surface area contributed by atoms with Crippen LogP contribution in [-0.4, -0.2) is 23.9 Å². The van der Waals surface area contributed by atoms with E-state index in [0.29, 0.717) is 0 Å².